The van der Waals surface area contributed by atoms with Gasteiger partial charge in [0.05, 0.1) is 6.04 Å². The molecule has 0 spiro atoms. The van der Waals surface area contributed by atoms with Gasteiger partial charge < -0.3 is 29.0 Å². The van der Waals surface area contributed by atoms with E-state index >= 15 is 0 Å². The quantitative estimate of drug-likeness (QED) is 0.628. The van der Waals surface area contributed by atoms with E-state index in [0.717, 1.165) is 39.8 Å². The van der Waals surface area contributed by atoms with Gasteiger partial charge >= 0.3 is 5.97 Å². The zero-order chi connectivity index (χ0) is 23.3. The van der Waals surface area contributed by atoms with Crippen LogP contribution in [0.4, 0.5) is 0 Å². The summed E-state index contributed by atoms with van der Waals surface area (Å²) in [4.78, 5) is 11.8. The summed E-state index contributed by atoms with van der Waals surface area (Å²) in [5.41, 5.74) is 5.86. The molecule has 4 aliphatic heterocycles. The Morgan fingerprint density at radius 3 is 2.15 bits per heavy atom. The fourth-order valence-corrected chi connectivity index (χ4v) is 4.41. The van der Waals surface area contributed by atoms with Crippen molar-refractivity contribution in [2.45, 2.75) is 13.0 Å². The summed E-state index contributed by atoms with van der Waals surface area (Å²) >= 11 is 0. The van der Waals surface area contributed by atoms with Crippen LogP contribution in [0.2, 0.25) is 0 Å². The van der Waals surface area contributed by atoms with Gasteiger partial charge in [0.1, 0.15) is 0 Å². The van der Waals surface area contributed by atoms with Crippen molar-refractivity contribution in [3.63, 3.8) is 0 Å². The highest BCUT2D eigenvalue weighted by Gasteiger charge is 2.31. The molecule has 0 saturated carbocycles. The molecular weight excluding hydrogens is 454 g/mol. The first kappa shape index (κ1) is 21.2. The van der Waals surface area contributed by atoms with Gasteiger partial charge in [-0.05, 0) is 60.0 Å². The number of fused-ring (bicyclic) bond motifs is 6. The molecule has 1 atom stereocenters. The molecule has 0 aromatic heterocycles. The van der Waals surface area contributed by atoms with Crippen LogP contribution in [0, 0.1) is 0 Å². The maximum atomic E-state index is 9.62. The third kappa shape index (κ3) is 3.96. The largest absolute Gasteiger partial charge is 0.480 e. The number of carbonyl (C=O) groups is 1. The fraction of sp³-hybridized carbons (Fsp3) is 0.227. The number of carboxylic acids is 1. The van der Waals surface area contributed by atoms with E-state index in [9.17, 15) is 13.2 Å². The monoisotopic (exact) mass is 473 g/mol. The molecule has 2 aromatic carbocycles. The Bertz CT molecular complexity index is 1330. The number of hydrogen-bond acceptors (Lipinski definition) is 8. The smallest absolute Gasteiger partial charge is 0.321 e. The van der Waals surface area contributed by atoms with Gasteiger partial charge in [-0.15, -0.1) is 0 Å². The molecule has 11 heteroatoms. The standard InChI is InChI=1S/C20H15NO4.C2H4O5S/c1-11-14-7-19-18(23-10-24-19)6-13(14)4-16-15-8-20-17(22-9-25-20)5-12(15)2-3-21(11)16;3-2(4)1-8(5,6)7/h2-8,11H,9-10H2,1H3;1H2,(H,3,4)(H,5,6,7). The zero-order valence-corrected chi connectivity index (χ0v) is 18.2. The molecule has 1 unspecified atom stereocenters. The van der Waals surface area contributed by atoms with Gasteiger partial charge in [0.15, 0.2) is 28.8 Å². The van der Waals surface area contributed by atoms with E-state index in [4.69, 9.17) is 28.6 Å². The second-order valence-electron chi connectivity index (χ2n) is 7.68. The summed E-state index contributed by atoms with van der Waals surface area (Å²) in [5, 5.41) is 7.71. The summed E-state index contributed by atoms with van der Waals surface area (Å²) in [6.45, 7) is 2.78. The minimum atomic E-state index is -4.32. The van der Waals surface area contributed by atoms with E-state index in [1.807, 2.05) is 6.07 Å². The lowest BCUT2D eigenvalue weighted by atomic mass is 9.89. The average molecular weight is 473 g/mol. The molecule has 2 aromatic rings. The van der Waals surface area contributed by atoms with Crippen LogP contribution in [0.5, 0.6) is 23.0 Å². The van der Waals surface area contributed by atoms with Gasteiger partial charge in [-0.3, -0.25) is 9.35 Å². The number of rotatable bonds is 2. The van der Waals surface area contributed by atoms with E-state index in [1.54, 1.807) is 0 Å². The maximum absolute atomic E-state index is 9.62. The third-order valence-corrected chi connectivity index (χ3v) is 6.17. The van der Waals surface area contributed by atoms with Crippen LogP contribution < -0.4 is 18.9 Å². The molecule has 4 aliphatic rings. The summed E-state index contributed by atoms with van der Waals surface area (Å²) in [5.74, 6) is 0.463. The second kappa shape index (κ2) is 7.71. The van der Waals surface area contributed by atoms with E-state index < -0.39 is 21.8 Å². The molecule has 0 amide bonds. The highest BCUT2D eigenvalue weighted by Crippen LogP contribution is 2.48. The van der Waals surface area contributed by atoms with E-state index in [0.29, 0.717) is 6.79 Å². The third-order valence-electron chi connectivity index (χ3n) is 5.56. The average Bonchev–Trinajstić information content (AvgIpc) is 3.38. The molecule has 0 radical (unpaired) electrons. The Hall–Kier alpha value is -3.70. The van der Waals surface area contributed by atoms with Crippen molar-refractivity contribution < 1.29 is 41.8 Å². The predicted octanol–water partition coefficient (Wildman–Crippen LogP) is 2.96. The molecule has 4 heterocycles. The second-order valence-corrected chi connectivity index (χ2v) is 9.13. The lowest BCUT2D eigenvalue weighted by Gasteiger charge is -2.38. The number of benzene rings is 2. The molecule has 0 aliphatic carbocycles. The highest BCUT2D eigenvalue weighted by molar-refractivity contribution is 7.86. The van der Waals surface area contributed by atoms with Crippen molar-refractivity contribution in [3.05, 3.63) is 52.7 Å². The van der Waals surface area contributed by atoms with E-state index in [1.165, 1.54) is 11.1 Å². The van der Waals surface area contributed by atoms with Crippen LogP contribution in [0.25, 0.3) is 17.8 Å². The van der Waals surface area contributed by atoms with Gasteiger partial charge in [-0.1, -0.05) is 0 Å². The van der Waals surface area contributed by atoms with Gasteiger partial charge in [0, 0.05) is 17.5 Å². The van der Waals surface area contributed by atoms with Crippen molar-refractivity contribution in [1.29, 1.82) is 0 Å². The van der Waals surface area contributed by atoms with Crippen molar-refractivity contribution in [2.75, 3.05) is 19.3 Å². The Morgan fingerprint density at radius 1 is 1.00 bits per heavy atom. The summed E-state index contributed by atoms with van der Waals surface area (Å²) in [6, 6.07) is 8.50. The first-order chi connectivity index (χ1) is 15.7. The topological polar surface area (TPSA) is 132 Å². The van der Waals surface area contributed by atoms with Crippen LogP contribution in [-0.2, 0) is 14.9 Å². The number of nitrogens with zero attached hydrogens (tertiary/aromatic N) is 1. The van der Waals surface area contributed by atoms with Gasteiger partial charge in [-0.2, -0.15) is 8.42 Å². The van der Waals surface area contributed by atoms with Crippen LogP contribution in [0.15, 0.2) is 30.5 Å². The SMILES string of the molecule is CC1c2cc3c(cc2C=C2c4cc5c(cc4C=CN21)OCO5)OCO3.O=C(O)CS(=O)(=O)O. The van der Waals surface area contributed by atoms with Crippen LogP contribution >= 0.6 is 0 Å². The molecule has 0 fully saturated rings. The van der Waals surface area contributed by atoms with Gasteiger partial charge in [0.25, 0.3) is 10.1 Å². The van der Waals surface area contributed by atoms with Crippen molar-refractivity contribution in [1.82, 2.24) is 4.90 Å². The van der Waals surface area contributed by atoms with E-state index in [-0.39, 0.29) is 12.8 Å². The normalized spacial score (nSPS) is 18.4. The zero-order valence-electron chi connectivity index (χ0n) is 17.3. The minimum absolute atomic E-state index is 0.208. The Morgan fingerprint density at radius 2 is 1.58 bits per heavy atom. The van der Waals surface area contributed by atoms with Crippen LogP contribution in [0.1, 0.15) is 35.2 Å². The first-order valence-electron chi connectivity index (χ1n) is 9.92. The predicted molar refractivity (Wildman–Crippen MR) is 116 cm³/mol. The fourth-order valence-electron chi connectivity index (χ4n) is 4.10. The number of ether oxygens (including phenoxy) is 4. The molecule has 33 heavy (non-hydrogen) atoms. The van der Waals surface area contributed by atoms with E-state index in [2.05, 4.69) is 48.4 Å². The molecular formula is C22H19NO9S. The lowest BCUT2D eigenvalue weighted by Crippen LogP contribution is -2.26. The molecule has 0 bridgehead atoms. The Labute approximate surface area is 189 Å². The maximum Gasteiger partial charge on any atom is 0.321 e. The molecule has 10 nitrogen and oxygen atoms in total. The summed E-state index contributed by atoms with van der Waals surface area (Å²) in [7, 11) is -4.32. The Balaban J connectivity index is 0.000000249. The Kier molecular flexibility index (Phi) is 4.94. The van der Waals surface area contributed by atoms with Crippen LogP contribution in [-0.4, -0.2) is 48.3 Å². The number of hydrogen-bond donors (Lipinski definition) is 2. The summed E-state index contributed by atoms with van der Waals surface area (Å²) < 4.78 is 49.2. The van der Waals surface area contributed by atoms with Crippen molar-refractivity contribution >= 4 is 33.9 Å². The number of aliphatic carboxylic acids is 1. The first-order valence-corrected chi connectivity index (χ1v) is 11.5. The lowest BCUT2D eigenvalue weighted by molar-refractivity contribution is -0.134. The highest BCUT2D eigenvalue weighted by atomic mass is 32.2. The molecule has 6 rings (SSSR count). The molecule has 2 N–H and O–H groups in total. The van der Waals surface area contributed by atoms with Crippen molar-refractivity contribution in [3.8, 4) is 23.0 Å². The minimum Gasteiger partial charge on any atom is -0.480 e. The van der Waals surface area contributed by atoms with Gasteiger partial charge in [0.2, 0.25) is 13.6 Å². The summed E-state index contributed by atoms with van der Waals surface area (Å²) in [6.07, 6.45) is 6.47. The van der Waals surface area contributed by atoms with Crippen LogP contribution in [0.3, 0.4) is 0 Å². The van der Waals surface area contributed by atoms with Crippen molar-refractivity contribution in [2.24, 2.45) is 0 Å². The number of carboxylic acid groups (broad SMARTS) is 1. The molecule has 172 valence electrons. The molecule has 0 saturated heterocycles. The van der Waals surface area contributed by atoms with Gasteiger partial charge in [-0.25, -0.2) is 0 Å².